The maximum absolute atomic E-state index is 11.1. The minimum absolute atomic E-state index is 0.106. The largest absolute Gasteiger partial charge is 0.497 e. The molecule has 3 nitrogen and oxygen atoms in total. The lowest BCUT2D eigenvalue weighted by Gasteiger charge is -2.32. The van der Waals surface area contributed by atoms with Gasteiger partial charge in [0.15, 0.2) is 0 Å². The topological polar surface area (TPSA) is 35.5 Å². The van der Waals surface area contributed by atoms with Gasteiger partial charge in [-0.2, -0.15) is 0 Å². The summed E-state index contributed by atoms with van der Waals surface area (Å²) in [6, 6.07) is 16.2. The highest BCUT2D eigenvalue weighted by Gasteiger charge is 2.29. The van der Waals surface area contributed by atoms with E-state index in [1.165, 1.54) is 18.1 Å². The van der Waals surface area contributed by atoms with Crippen LogP contribution in [0.2, 0.25) is 0 Å². The van der Waals surface area contributed by atoms with Crippen molar-refractivity contribution in [1.82, 2.24) is 0 Å². The van der Waals surface area contributed by atoms with Crippen LogP contribution in [0.15, 0.2) is 48.5 Å². The van der Waals surface area contributed by atoms with Gasteiger partial charge in [-0.3, -0.25) is 4.79 Å². The maximum Gasteiger partial charge on any atom is 0.308 e. The van der Waals surface area contributed by atoms with Crippen LogP contribution in [0.3, 0.4) is 0 Å². The molecule has 0 aliphatic carbocycles. The first-order chi connectivity index (χ1) is 11.8. The summed E-state index contributed by atoms with van der Waals surface area (Å²) in [5.41, 5.74) is 2.37. The molecular weight excluding hydrogens is 312 g/mol. The van der Waals surface area contributed by atoms with Crippen LogP contribution in [0.1, 0.15) is 51.7 Å². The minimum atomic E-state index is -0.300. The normalized spacial score (nSPS) is 13.4. The van der Waals surface area contributed by atoms with Gasteiger partial charge < -0.3 is 9.47 Å². The Kier molecular flexibility index (Phi) is 6.24. The Morgan fingerprint density at radius 1 is 0.960 bits per heavy atom. The third kappa shape index (κ3) is 4.85. The molecule has 0 amide bonds. The maximum atomic E-state index is 11.1. The van der Waals surface area contributed by atoms with Gasteiger partial charge in [0.25, 0.3) is 0 Å². The number of esters is 1. The third-order valence-corrected chi connectivity index (χ3v) is 4.70. The quantitative estimate of drug-likeness (QED) is 0.502. The van der Waals surface area contributed by atoms with E-state index in [0.29, 0.717) is 11.7 Å². The molecule has 2 rings (SSSR count). The predicted molar refractivity (Wildman–Crippen MR) is 101 cm³/mol. The highest BCUT2D eigenvalue weighted by atomic mass is 16.5. The molecule has 1 atom stereocenters. The summed E-state index contributed by atoms with van der Waals surface area (Å²) in [5.74, 6) is 1.78. The zero-order valence-electron chi connectivity index (χ0n) is 15.8. The van der Waals surface area contributed by atoms with Gasteiger partial charge in [0.1, 0.15) is 11.5 Å². The van der Waals surface area contributed by atoms with Crippen molar-refractivity contribution >= 4 is 5.97 Å². The smallest absolute Gasteiger partial charge is 0.308 e. The van der Waals surface area contributed by atoms with Crippen LogP contribution in [0.5, 0.6) is 11.5 Å². The average Bonchev–Trinajstić information content (AvgIpc) is 2.60. The van der Waals surface area contributed by atoms with Gasteiger partial charge in [0, 0.05) is 12.3 Å². The van der Waals surface area contributed by atoms with E-state index in [1.807, 2.05) is 24.3 Å². The third-order valence-electron chi connectivity index (χ3n) is 4.70. The molecular formula is C22H28O3. The van der Waals surface area contributed by atoms with E-state index >= 15 is 0 Å². The second kappa shape index (κ2) is 8.19. The molecule has 0 fully saturated rings. The molecule has 2 aromatic rings. The number of rotatable bonds is 7. The number of methoxy groups -OCH3 is 1. The van der Waals surface area contributed by atoms with E-state index in [2.05, 4.69) is 45.0 Å². The number of ether oxygens (including phenoxy) is 2. The fourth-order valence-electron chi connectivity index (χ4n) is 3.05. The van der Waals surface area contributed by atoms with E-state index in [-0.39, 0.29) is 11.4 Å². The number of carbonyl (C=O) groups excluding carboxylic acids is 1. The molecule has 2 aromatic carbocycles. The van der Waals surface area contributed by atoms with Gasteiger partial charge in [0.2, 0.25) is 0 Å². The Morgan fingerprint density at radius 2 is 1.44 bits per heavy atom. The Bertz CT molecular complexity index is 686. The van der Waals surface area contributed by atoms with Crippen LogP contribution in [0, 0.1) is 5.92 Å². The lowest BCUT2D eigenvalue weighted by molar-refractivity contribution is -0.131. The second-order valence-electron chi connectivity index (χ2n) is 7.11. The molecule has 3 heteroatoms. The summed E-state index contributed by atoms with van der Waals surface area (Å²) in [5, 5.41) is 0. The Balaban J connectivity index is 2.37. The van der Waals surface area contributed by atoms with Crippen molar-refractivity contribution in [2.24, 2.45) is 5.92 Å². The van der Waals surface area contributed by atoms with Crippen LogP contribution in [0.25, 0.3) is 0 Å². The highest BCUT2D eigenvalue weighted by molar-refractivity contribution is 5.69. The number of hydrogen-bond acceptors (Lipinski definition) is 3. The number of carbonyl (C=O) groups is 1. The molecule has 25 heavy (non-hydrogen) atoms. The molecule has 1 unspecified atom stereocenters. The zero-order valence-corrected chi connectivity index (χ0v) is 15.8. The fraction of sp³-hybridized carbons (Fsp3) is 0.409. The molecule has 0 saturated carbocycles. The lowest BCUT2D eigenvalue weighted by Crippen LogP contribution is -2.24. The number of hydrogen-bond donors (Lipinski definition) is 0. The molecule has 0 heterocycles. The molecule has 0 spiro atoms. The first-order valence-electron chi connectivity index (χ1n) is 8.78. The fourth-order valence-corrected chi connectivity index (χ4v) is 3.05. The van der Waals surface area contributed by atoms with Crippen LogP contribution in [0.4, 0.5) is 0 Å². The molecule has 134 valence electrons. The zero-order chi connectivity index (χ0) is 18.4. The van der Waals surface area contributed by atoms with Gasteiger partial charge in [-0.15, -0.1) is 0 Å². The molecule has 0 aromatic heterocycles. The molecule has 0 bridgehead atoms. The van der Waals surface area contributed by atoms with Crippen molar-refractivity contribution in [2.75, 3.05) is 7.11 Å². The first kappa shape index (κ1) is 19.0. The SMILES string of the molecule is COc1ccc(C(C)(CCC(C)C)c2ccc(OC(C)=O)cc2)cc1. The average molecular weight is 340 g/mol. The highest BCUT2D eigenvalue weighted by Crippen LogP contribution is 2.38. The Morgan fingerprint density at radius 3 is 1.84 bits per heavy atom. The van der Waals surface area contributed by atoms with E-state index in [4.69, 9.17) is 9.47 Å². The van der Waals surface area contributed by atoms with Crippen LogP contribution in [-0.4, -0.2) is 13.1 Å². The lowest BCUT2D eigenvalue weighted by atomic mass is 9.72. The predicted octanol–water partition coefficient (Wildman–Crippen LogP) is 5.36. The van der Waals surface area contributed by atoms with Crippen LogP contribution < -0.4 is 9.47 Å². The van der Waals surface area contributed by atoms with Gasteiger partial charge in [-0.25, -0.2) is 0 Å². The van der Waals surface area contributed by atoms with E-state index < -0.39 is 0 Å². The summed E-state index contributed by atoms with van der Waals surface area (Å²) >= 11 is 0. The van der Waals surface area contributed by atoms with Crippen molar-refractivity contribution in [3.8, 4) is 11.5 Å². The first-order valence-corrected chi connectivity index (χ1v) is 8.78. The van der Waals surface area contributed by atoms with Crippen molar-refractivity contribution in [2.45, 2.75) is 46.0 Å². The van der Waals surface area contributed by atoms with Gasteiger partial charge in [-0.05, 0) is 54.2 Å². The summed E-state index contributed by atoms with van der Waals surface area (Å²) in [6.07, 6.45) is 2.18. The van der Waals surface area contributed by atoms with Crippen LogP contribution in [-0.2, 0) is 10.2 Å². The van der Waals surface area contributed by atoms with Gasteiger partial charge in [0.05, 0.1) is 7.11 Å². The Hall–Kier alpha value is -2.29. The number of benzene rings is 2. The summed E-state index contributed by atoms with van der Waals surface area (Å²) in [6.45, 7) is 8.19. The standard InChI is InChI=1S/C22H28O3/c1-16(2)14-15-22(4,18-6-10-20(24-5)11-7-18)19-8-12-21(13-9-19)25-17(3)23/h6-13,16H,14-15H2,1-5H3. The van der Waals surface area contributed by atoms with Gasteiger partial charge >= 0.3 is 5.97 Å². The summed E-state index contributed by atoms with van der Waals surface area (Å²) in [7, 11) is 1.68. The molecule has 0 N–H and O–H groups in total. The summed E-state index contributed by atoms with van der Waals surface area (Å²) in [4.78, 5) is 11.1. The minimum Gasteiger partial charge on any atom is -0.497 e. The molecule has 0 aliphatic heterocycles. The molecule has 0 radical (unpaired) electrons. The van der Waals surface area contributed by atoms with E-state index in [1.54, 1.807) is 7.11 Å². The Labute approximate surface area is 151 Å². The van der Waals surface area contributed by atoms with Crippen LogP contribution >= 0.6 is 0 Å². The second-order valence-corrected chi connectivity index (χ2v) is 7.11. The summed E-state index contributed by atoms with van der Waals surface area (Å²) < 4.78 is 10.5. The van der Waals surface area contributed by atoms with Crippen molar-refractivity contribution in [3.63, 3.8) is 0 Å². The van der Waals surface area contributed by atoms with E-state index in [0.717, 1.165) is 18.6 Å². The van der Waals surface area contributed by atoms with Crippen molar-refractivity contribution in [1.29, 1.82) is 0 Å². The van der Waals surface area contributed by atoms with Gasteiger partial charge in [-0.1, -0.05) is 45.0 Å². The monoisotopic (exact) mass is 340 g/mol. The van der Waals surface area contributed by atoms with Crippen molar-refractivity contribution < 1.29 is 14.3 Å². The van der Waals surface area contributed by atoms with Crippen molar-refractivity contribution in [3.05, 3.63) is 59.7 Å². The van der Waals surface area contributed by atoms with E-state index in [9.17, 15) is 4.79 Å². The molecule has 0 aliphatic rings. The molecule has 0 saturated heterocycles.